The Labute approximate surface area is 146 Å². The topological polar surface area (TPSA) is 73.9 Å². The van der Waals surface area contributed by atoms with Crippen LogP contribution in [0.3, 0.4) is 0 Å². The Hall–Kier alpha value is -2.73. The molecule has 0 radical (unpaired) electrons. The van der Waals surface area contributed by atoms with Gasteiger partial charge in [-0.25, -0.2) is 9.97 Å². The lowest BCUT2D eigenvalue weighted by Crippen LogP contribution is -2.30. The Morgan fingerprint density at radius 3 is 2.88 bits per heavy atom. The van der Waals surface area contributed by atoms with Gasteiger partial charge < -0.3 is 10.3 Å². The van der Waals surface area contributed by atoms with E-state index in [0.29, 0.717) is 6.54 Å². The van der Waals surface area contributed by atoms with Crippen LogP contribution in [0.4, 0.5) is 5.69 Å². The number of amides is 1. The summed E-state index contributed by atoms with van der Waals surface area (Å²) in [7, 11) is 0. The number of benzene rings is 1. The molecule has 1 aromatic carbocycles. The molecular weight excluding hydrogens is 314 g/mol. The number of likely N-dealkylation sites (tertiary alicyclic amines) is 1. The minimum Gasteiger partial charge on any atom is -0.343 e. The molecule has 4 rings (SSSR count). The first-order valence-corrected chi connectivity index (χ1v) is 8.62. The fourth-order valence-electron chi connectivity index (χ4n) is 3.35. The number of pyridine rings is 1. The molecule has 0 spiro atoms. The van der Waals surface area contributed by atoms with Crippen LogP contribution in [0.5, 0.6) is 0 Å². The Morgan fingerprint density at radius 2 is 2.12 bits per heavy atom. The van der Waals surface area contributed by atoms with E-state index in [2.05, 4.69) is 27.1 Å². The van der Waals surface area contributed by atoms with Crippen molar-refractivity contribution in [3.63, 3.8) is 0 Å². The van der Waals surface area contributed by atoms with Crippen LogP contribution >= 0.6 is 0 Å². The lowest BCUT2D eigenvalue weighted by Gasteiger charge is -2.14. The van der Waals surface area contributed by atoms with Crippen LogP contribution in [0, 0.1) is 6.92 Å². The lowest BCUT2D eigenvalue weighted by molar-refractivity contribution is -0.117. The van der Waals surface area contributed by atoms with E-state index in [-0.39, 0.29) is 5.91 Å². The molecule has 128 valence electrons. The van der Waals surface area contributed by atoms with Crippen molar-refractivity contribution < 1.29 is 4.79 Å². The molecule has 0 saturated carbocycles. The Kier molecular flexibility index (Phi) is 4.19. The third kappa shape index (κ3) is 3.39. The normalized spacial score (nSPS) is 14.9. The van der Waals surface area contributed by atoms with Gasteiger partial charge in [-0.05, 0) is 56.6 Å². The number of aryl methyl sites for hydroxylation is 1. The van der Waals surface area contributed by atoms with Crippen LogP contribution in [0.25, 0.3) is 22.4 Å². The summed E-state index contributed by atoms with van der Waals surface area (Å²) in [5.74, 6) is 0.772. The van der Waals surface area contributed by atoms with Crippen LogP contribution in [0.2, 0.25) is 0 Å². The third-order valence-electron chi connectivity index (χ3n) is 4.61. The SMILES string of the molecule is Cc1cc(-c2ncc[nH]2)nc2cc(NC(=O)CN3CCCC3)ccc12. The molecule has 0 aliphatic carbocycles. The van der Waals surface area contributed by atoms with Gasteiger partial charge in [0.2, 0.25) is 5.91 Å². The highest BCUT2D eigenvalue weighted by Gasteiger charge is 2.15. The number of aromatic nitrogens is 3. The number of carbonyl (C=O) groups is 1. The highest BCUT2D eigenvalue weighted by atomic mass is 16.2. The summed E-state index contributed by atoms with van der Waals surface area (Å²) in [5.41, 5.74) is 3.56. The number of rotatable bonds is 4. The van der Waals surface area contributed by atoms with Crippen molar-refractivity contribution in [3.8, 4) is 11.5 Å². The van der Waals surface area contributed by atoms with Crippen molar-refractivity contribution in [1.82, 2.24) is 19.9 Å². The third-order valence-corrected chi connectivity index (χ3v) is 4.61. The second-order valence-corrected chi connectivity index (χ2v) is 6.53. The van der Waals surface area contributed by atoms with Crippen molar-refractivity contribution in [1.29, 1.82) is 0 Å². The van der Waals surface area contributed by atoms with Crippen LogP contribution < -0.4 is 5.32 Å². The zero-order valence-electron chi connectivity index (χ0n) is 14.2. The summed E-state index contributed by atoms with van der Waals surface area (Å²) in [4.78, 5) is 26.5. The molecule has 1 amide bonds. The predicted octanol–water partition coefficient (Wildman–Crippen LogP) is 2.97. The number of fused-ring (bicyclic) bond motifs is 1. The standard InChI is InChI=1S/C19H21N5O/c1-13-10-17(19-20-6-7-21-19)23-16-11-14(4-5-15(13)16)22-18(25)12-24-8-2-3-9-24/h4-7,10-11H,2-3,8-9,12H2,1H3,(H,20,21)(H,22,25). The van der Waals surface area contributed by atoms with Crippen LogP contribution in [-0.2, 0) is 4.79 Å². The first-order chi connectivity index (χ1) is 12.2. The molecule has 25 heavy (non-hydrogen) atoms. The monoisotopic (exact) mass is 335 g/mol. The van der Waals surface area contributed by atoms with Gasteiger partial charge in [-0.15, -0.1) is 0 Å². The van der Waals surface area contributed by atoms with Crippen molar-refractivity contribution >= 4 is 22.5 Å². The number of hydrogen-bond donors (Lipinski definition) is 2. The van der Waals surface area contributed by atoms with Crippen LogP contribution in [-0.4, -0.2) is 45.4 Å². The van der Waals surface area contributed by atoms with Gasteiger partial charge in [-0.2, -0.15) is 0 Å². The number of H-pyrrole nitrogens is 1. The van der Waals surface area contributed by atoms with E-state index in [1.54, 1.807) is 12.4 Å². The molecule has 2 aromatic heterocycles. The number of imidazole rings is 1. The van der Waals surface area contributed by atoms with Gasteiger partial charge in [0.1, 0.15) is 5.69 Å². The second kappa shape index (κ2) is 6.64. The van der Waals surface area contributed by atoms with E-state index in [0.717, 1.165) is 46.8 Å². The molecule has 0 unspecified atom stereocenters. The Bertz CT molecular complexity index is 898. The van der Waals surface area contributed by atoms with Gasteiger partial charge in [-0.1, -0.05) is 6.07 Å². The van der Waals surface area contributed by atoms with Gasteiger partial charge in [-0.3, -0.25) is 9.69 Å². The van der Waals surface area contributed by atoms with E-state index in [1.165, 1.54) is 12.8 Å². The molecule has 0 bridgehead atoms. The molecule has 3 aromatic rings. The lowest BCUT2D eigenvalue weighted by atomic mass is 10.1. The van der Waals surface area contributed by atoms with Gasteiger partial charge in [0.05, 0.1) is 12.1 Å². The number of nitrogens with one attached hydrogen (secondary N) is 2. The van der Waals surface area contributed by atoms with Crippen molar-refractivity contribution in [2.75, 3.05) is 25.0 Å². The van der Waals surface area contributed by atoms with Gasteiger partial charge in [0, 0.05) is 23.5 Å². The molecule has 6 nitrogen and oxygen atoms in total. The molecule has 2 N–H and O–H groups in total. The second-order valence-electron chi connectivity index (χ2n) is 6.53. The maximum Gasteiger partial charge on any atom is 0.238 e. The molecular formula is C19H21N5O. The average Bonchev–Trinajstić information content (AvgIpc) is 3.28. The minimum atomic E-state index is 0.0279. The van der Waals surface area contributed by atoms with Gasteiger partial charge >= 0.3 is 0 Å². The van der Waals surface area contributed by atoms with E-state index in [4.69, 9.17) is 4.98 Å². The molecule has 3 heterocycles. The number of aromatic amines is 1. The zero-order valence-corrected chi connectivity index (χ0v) is 14.2. The van der Waals surface area contributed by atoms with Gasteiger partial charge in [0.25, 0.3) is 0 Å². The van der Waals surface area contributed by atoms with Crippen molar-refractivity contribution in [2.24, 2.45) is 0 Å². The maximum absolute atomic E-state index is 12.2. The molecule has 0 atom stereocenters. The van der Waals surface area contributed by atoms with E-state index in [1.807, 2.05) is 24.3 Å². The van der Waals surface area contributed by atoms with Crippen LogP contribution in [0.1, 0.15) is 18.4 Å². The smallest absolute Gasteiger partial charge is 0.238 e. The fourth-order valence-corrected chi connectivity index (χ4v) is 3.35. The number of hydrogen-bond acceptors (Lipinski definition) is 4. The summed E-state index contributed by atoms with van der Waals surface area (Å²) in [5, 5.41) is 4.07. The molecule has 1 aliphatic heterocycles. The van der Waals surface area contributed by atoms with Crippen molar-refractivity contribution in [3.05, 3.63) is 42.2 Å². The van der Waals surface area contributed by atoms with E-state index >= 15 is 0 Å². The van der Waals surface area contributed by atoms with Crippen molar-refractivity contribution in [2.45, 2.75) is 19.8 Å². The van der Waals surface area contributed by atoms with Crippen LogP contribution in [0.15, 0.2) is 36.7 Å². The van der Waals surface area contributed by atoms with E-state index in [9.17, 15) is 4.79 Å². The summed E-state index contributed by atoms with van der Waals surface area (Å²) >= 11 is 0. The largest absolute Gasteiger partial charge is 0.343 e. The molecule has 1 saturated heterocycles. The average molecular weight is 335 g/mol. The Morgan fingerprint density at radius 1 is 1.28 bits per heavy atom. The van der Waals surface area contributed by atoms with Gasteiger partial charge in [0.15, 0.2) is 5.82 Å². The highest BCUT2D eigenvalue weighted by Crippen LogP contribution is 2.25. The summed E-state index contributed by atoms with van der Waals surface area (Å²) in [6.07, 6.45) is 5.86. The minimum absolute atomic E-state index is 0.0279. The zero-order chi connectivity index (χ0) is 17.2. The fraction of sp³-hybridized carbons (Fsp3) is 0.316. The maximum atomic E-state index is 12.2. The summed E-state index contributed by atoms with van der Waals surface area (Å²) < 4.78 is 0. The number of nitrogens with zero attached hydrogens (tertiary/aromatic N) is 3. The first-order valence-electron chi connectivity index (χ1n) is 8.62. The quantitative estimate of drug-likeness (QED) is 0.769. The Balaban J connectivity index is 1.59. The highest BCUT2D eigenvalue weighted by molar-refractivity contribution is 5.95. The molecule has 1 aliphatic rings. The summed E-state index contributed by atoms with van der Waals surface area (Å²) in [6.45, 7) is 4.54. The molecule has 1 fully saturated rings. The predicted molar refractivity (Wildman–Crippen MR) is 98.4 cm³/mol. The number of anilines is 1. The first kappa shape index (κ1) is 15.8. The number of carbonyl (C=O) groups excluding carboxylic acids is 1. The molecule has 6 heteroatoms. The van der Waals surface area contributed by atoms with E-state index < -0.39 is 0 Å². The summed E-state index contributed by atoms with van der Waals surface area (Å²) in [6, 6.07) is 7.89.